The van der Waals surface area contributed by atoms with Crippen LogP contribution in [0.15, 0.2) is 57.3 Å². The molecule has 0 saturated carbocycles. The van der Waals surface area contributed by atoms with Crippen molar-refractivity contribution in [3.8, 4) is 5.75 Å². The van der Waals surface area contributed by atoms with Crippen molar-refractivity contribution in [2.45, 2.75) is 19.0 Å². The summed E-state index contributed by atoms with van der Waals surface area (Å²) in [6, 6.07) is 10.3. The first-order chi connectivity index (χ1) is 14.4. The Morgan fingerprint density at radius 1 is 1.17 bits per heavy atom. The SMILES string of the molecule is COc1ccc(C)cc1NC(=O)CN1N=NC2C(=O)N(c3ccc(Br)cc3)C(=O)C21. The van der Waals surface area contributed by atoms with E-state index < -0.39 is 29.8 Å². The van der Waals surface area contributed by atoms with Crippen molar-refractivity contribution in [1.29, 1.82) is 0 Å². The number of benzene rings is 2. The molecule has 0 aromatic heterocycles. The van der Waals surface area contributed by atoms with E-state index in [0.717, 1.165) is 14.9 Å². The summed E-state index contributed by atoms with van der Waals surface area (Å²) in [6.45, 7) is 1.67. The van der Waals surface area contributed by atoms with E-state index in [9.17, 15) is 14.4 Å². The molecule has 154 valence electrons. The van der Waals surface area contributed by atoms with Crippen LogP contribution in [-0.2, 0) is 14.4 Å². The second kappa shape index (κ2) is 7.86. The number of carbonyl (C=O) groups is 3. The Morgan fingerprint density at radius 2 is 1.90 bits per heavy atom. The molecule has 0 bridgehead atoms. The molecule has 0 aliphatic carbocycles. The number of aryl methyl sites for hydroxylation is 1. The molecule has 3 amide bonds. The Balaban J connectivity index is 1.49. The van der Waals surface area contributed by atoms with Crippen LogP contribution in [0.25, 0.3) is 0 Å². The number of anilines is 2. The maximum absolute atomic E-state index is 13.0. The van der Waals surface area contributed by atoms with E-state index in [1.165, 1.54) is 12.1 Å². The van der Waals surface area contributed by atoms with Crippen molar-refractivity contribution < 1.29 is 19.1 Å². The van der Waals surface area contributed by atoms with Crippen LogP contribution in [0.5, 0.6) is 5.75 Å². The summed E-state index contributed by atoms with van der Waals surface area (Å²) in [6.07, 6.45) is 0. The standard InChI is InChI=1S/C20H18BrN5O4/c1-11-3-8-15(30-2)14(9-11)22-16(27)10-25-18-17(23-24-25)19(28)26(20(18)29)13-6-4-12(21)5-7-13/h3-9,17-18H,10H2,1-2H3,(H,22,27). The van der Waals surface area contributed by atoms with Crippen LogP contribution in [0.4, 0.5) is 11.4 Å². The van der Waals surface area contributed by atoms with Crippen LogP contribution in [0, 0.1) is 6.92 Å². The molecule has 4 rings (SSSR count). The molecule has 0 radical (unpaired) electrons. The van der Waals surface area contributed by atoms with E-state index in [0.29, 0.717) is 17.1 Å². The molecule has 2 heterocycles. The van der Waals surface area contributed by atoms with E-state index >= 15 is 0 Å². The molecule has 2 aromatic carbocycles. The topological polar surface area (TPSA) is 104 Å². The van der Waals surface area contributed by atoms with E-state index in [-0.39, 0.29) is 6.54 Å². The lowest BCUT2D eigenvalue weighted by Crippen LogP contribution is -2.43. The number of imide groups is 1. The van der Waals surface area contributed by atoms with Gasteiger partial charge in [-0.1, -0.05) is 27.2 Å². The lowest BCUT2D eigenvalue weighted by Gasteiger charge is -2.20. The minimum Gasteiger partial charge on any atom is -0.495 e. The molecule has 30 heavy (non-hydrogen) atoms. The second-order valence-corrected chi connectivity index (χ2v) is 7.85. The van der Waals surface area contributed by atoms with Crippen LogP contribution in [0.2, 0.25) is 0 Å². The van der Waals surface area contributed by atoms with Gasteiger partial charge in [-0.2, -0.15) is 5.11 Å². The summed E-state index contributed by atoms with van der Waals surface area (Å²) in [5.74, 6) is -0.804. The molecule has 2 aliphatic heterocycles. The number of fused-ring (bicyclic) bond motifs is 1. The third-order valence-electron chi connectivity index (χ3n) is 4.88. The molecule has 1 fully saturated rings. The molecule has 10 heteroatoms. The molecule has 2 aliphatic rings. The van der Waals surface area contributed by atoms with E-state index in [4.69, 9.17) is 4.74 Å². The van der Waals surface area contributed by atoms with Crippen LogP contribution in [-0.4, -0.2) is 48.5 Å². The van der Waals surface area contributed by atoms with Gasteiger partial charge in [-0.3, -0.25) is 19.4 Å². The molecule has 2 aromatic rings. The highest BCUT2D eigenvalue weighted by Crippen LogP contribution is 2.32. The number of rotatable bonds is 5. The number of hydrogen-bond donors (Lipinski definition) is 1. The van der Waals surface area contributed by atoms with Crippen LogP contribution in [0.1, 0.15) is 5.56 Å². The van der Waals surface area contributed by atoms with Gasteiger partial charge in [-0.05, 0) is 48.9 Å². The Morgan fingerprint density at radius 3 is 2.60 bits per heavy atom. The zero-order valence-electron chi connectivity index (χ0n) is 16.2. The number of amides is 3. The second-order valence-electron chi connectivity index (χ2n) is 6.93. The van der Waals surface area contributed by atoms with Gasteiger partial charge in [0.05, 0.1) is 18.5 Å². The number of halogens is 1. The normalized spacial score (nSPS) is 20.0. The summed E-state index contributed by atoms with van der Waals surface area (Å²) >= 11 is 3.33. The molecule has 2 unspecified atom stereocenters. The highest BCUT2D eigenvalue weighted by Gasteiger charge is 2.55. The fraction of sp³-hybridized carbons (Fsp3) is 0.250. The number of nitrogens with one attached hydrogen (secondary N) is 1. The van der Waals surface area contributed by atoms with Gasteiger partial charge in [0.2, 0.25) is 5.91 Å². The third kappa shape index (κ3) is 3.54. The van der Waals surface area contributed by atoms with Gasteiger partial charge in [-0.15, -0.1) is 0 Å². The number of carbonyl (C=O) groups excluding carboxylic acids is 3. The van der Waals surface area contributed by atoms with Gasteiger partial charge in [0, 0.05) is 4.47 Å². The van der Waals surface area contributed by atoms with Crippen molar-refractivity contribution in [2.75, 3.05) is 23.9 Å². The third-order valence-corrected chi connectivity index (χ3v) is 5.41. The smallest absolute Gasteiger partial charge is 0.263 e. The zero-order valence-corrected chi connectivity index (χ0v) is 17.8. The van der Waals surface area contributed by atoms with Crippen molar-refractivity contribution in [1.82, 2.24) is 5.01 Å². The summed E-state index contributed by atoms with van der Waals surface area (Å²) in [4.78, 5) is 39.4. The van der Waals surface area contributed by atoms with Crippen molar-refractivity contribution in [3.63, 3.8) is 0 Å². The molecule has 1 N–H and O–H groups in total. The van der Waals surface area contributed by atoms with Gasteiger partial charge in [0.1, 0.15) is 12.3 Å². The van der Waals surface area contributed by atoms with Gasteiger partial charge in [0.25, 0.3) is 11.8 Å². The van der Waals surface area contributed by atoms with Gasteiger partial charge < -0.3 is 10.1 Å². The monoisotopic (exact) mass is 471 g/mol. The maximum Gasteiger partial charge on any atom is 0.263 e. The first-order valence-electron chi connectivity index (χ1n) is 9.14. The number of ether oxygens (including phenoxy) is 1. The van der Waals surface area contributed by atoms with Crippen LogP contribution < -0.4 is 15.0 Å². The fourth-order valence-electron chi connectivity index (χ4n) is 3.45. The predicted molar refractivity (Wildman–Crippen MR) is 112 cm³/mol. The highest BCUT2D eigenvalue weighted by atomic mass is 79.9. The van der Waals surface area contributed by atoms with E-state index in [1.807, 2.05) is 13.0 Å². The lowest BCUT2D eigenvalue weighted by molar-refractivity contribution is -0.123. The van der Waals surface area contributed by atoms with Gasteiger partial charge >= 0.3 is 0 Å². The largest absolute Gasteiger partial charge is 0.495 e. The maximum atomic E-state index is 13.0. The minimum absolute atomic E-state index is 0.227. The van der Waals surface area contributed by atoms with Crippen molar-refractivity contribution in [3.05, 3.63) is 52.5 Å². The van der Waals surface area contributed by atoms with Crippen LogP contribution in [0.3, 0.4) is 0 Å². The zero-order chi connectivity index (χ0) is 21.4. The summed E-state index contributed by atoms with van der Waals surface area (Å²) < 4.78 is 6.09. The summed E-state index contributed by atoms with van der Waals surface area (Å²) in [5, 5.41) is 11.8. The van der Waals surface area contributed by atoms with E-state index in [2.05, 4.69) is 31.6 Å². The molecular formula is C20H18BrN5O4. The Labute approximate surface area is 180 Å². The fourth-order valence-corrected chi connectivity index (χ4v) is 3.72. The lowest BCUT2D eigenvalue weighted by atomic mass is 10.1. The predicted octanol–water partition coefficient (Wildman–Crippen LogP) is 2.70. The molecule has 1 saturated heterocycles. The average Bonchev–Trinajstić information content (AvgIpc) is 3.23. The van der Waals surface area contributed by atoms with Gasteiger partial charge in [-0.25, -0.2) is 4.90 Å². The number of hydrogen-bond acceptors (Lipinski definition) is 7. The molecule has 0 spiro atoms. The minimum atomic E-state index is -0.956. The highest BCUT2D eigenvalue weighted by molar-refractivity contribution is 9.10. The summed E-state index contributed by atoms with van der Waals surface area (Å²) in [7, 11) is 1.51. The van der Waals surface area contributed by atoms with Crippen molar-refractivity contribution >= 4 is 45.0 Å². The van der Waals surface area contributed by atoms with Crippen molar-refractivity contribution in [2.24, 2.45) is 10.3 Å². The molecular weight excluding hydrogens is 454 g/mol. The van der Waals surface area contributed by atoms with Gasteiger partial charge in [0.15, 0.2) is 12.1 Å². The molecule has 2 atom stereocenters. The summed E-state index contributed by atoms with van der Waals surface area (Å²) in [5.41, 5.74) is 1.92. The first-order valence-corrected chi connectivity index (χ1v) is 9.93. The quantitative estimate of drug-likeness (QED) is 0.675. The molecule has 9 nitrogen and oxygen atoms in total. The number of methoxy groups -OCH3 is 1. The Bertz CT molecular complexity index is 1060. The Kier molecular flexibility index (Phi) is 5.25. The first kappa shape index (κ1) is 20.0. The Hall–Kier alpha value is -3.27. The van der Waals surface area contributed by atoms with Crippen LogP contribution >= 0.6 is 15.9 Å². The number of nitrogens with zero attached hydrogens (tertiary/aromatic N) is 4. The average molecular weight is 472 g/mol. The van der Waals surface area contributed by atoms with E-state index in [1.54, 1.807) is 36.4 Å².